The predicted molar refractivity (Wildman–Crippen MR) is 118 cm³/mol. The van der Waals surface area contributed by atoms with Crippen molar-refractivity contribution < 1.29 is 4.39 Å². The molecule has 6 rings (SSSR count). The van der Waals surface area contributed by atoms with Crippen molar-refractivity contribution in [1.29, 1.82) is 0 Å². The van der Waals surface area contributed by atoms with Gasteiger partial charge in [0, 0.05) is 40.9 Å². The lowest BCUT2D eigenvalue weighted by Crippen LogP contribution is -2.37. The molecule has 7 heteroatoms. The first-order valence-corrected chi connectivity index (χ1v) is 10.8. The average molecular weight is 414 g/mol. The fourth-order valence-electron chi connectivity index (χ4n) is 5.10. The van der Waals surface area contributed by atoms with Crippen LogP contribution in [0.25, 0.3) is 28.0 Å². The van der Waals surface area contributed by atoms with Crippen LogP contribution >= 0.6 is 0 Å². The van der Waals surface area contributed by atoms with Crippen LogP contribution in [0.2, 0.25) is 0 Å². The summed E-state index contributed by atoms with van der Waals surface area (Å²) >= 11 is 0. The van der Waals surface area contributed by atoms with Crippen LogP contribution < -0.4 is 11.1 Å². The number of nitrogen functional groups attached to an aromatic ring is 1. The van der Waals surface area contributed by atoms with E-state index in [1.54, 1.807) is 6.20 Å². The summed E-state index contributed by atoms with van der Waals surface area (Å²) in [7, 11) is 0. The number of piperidine rings is 1. The van der Waals surface area contributed by atoms with E-state index in [9.17, 15) is 0 Å². The highest BCUT2D eigenvalue weighted by Crippen LogP contribution is 2.39. The highest BCUT2D eigenvalue weighted by molar-refractivity contribution is 5.78. The van der Waals surface area contributed by atoms with E-state index in [2.05, 4.69) is 15.4 Å². The maximum atomic E-state index is 15.2. The minimum Gasteiger partial charge on any atom is -0.381 e. The fourth-order valence-corrected chi connectivity index (χ4v) is 5.10. The SMILES string of the molecule is Nc1c(F)c(C2C[C@H]3CC[C@@H](C2)N3)nc2c(-c3ccc(-c4ccccc4)nc3)cnn12. The molecule has 0 amide bonds. The smallest absolute Gasteiger partial charge is 0.187 e. The monoisotopic (exact) mass is 414 g/mol. The van der Waals surface area contributed by atoms with Crippen molar-refractivity contribution in [3.8, 4) is 22.4 Å². The van der Waals surface area contributed by atoms with E-state index in [-0.39, 0.29) is 11.7 Å². The quantitative estimate of drug-likeness (QED) is 0.526. The van der Waals surface area contributed by atoms with Gasteiger partial charge in [0.2, 0.25) is 0 Å². The Balaban J connectivity index is 1.41. The molecule has 31 heavy (non-hydrogen) atoms. The summed E-state index contributed by atoms with van der Waals surface area (Å²) in [5.74, 6) is -0.343. The lowest BCUT2D eigenvalue weighted by molar-refractivity contribution is 0.351. The summed E-state index contributed by atoms with van der Waals surface area (Å²) in [5, 5.41) is 7.92. The Labute approximate surface area is 179 Å². The number of rotatable bonds is 3. The van der Waals surface area contributed by atoms with Crippen molar-refractivity contribution in [3.63, 3.8) is 0 Å². The zero-order valence-electron chi connectivity index (χ0n) is 17.0. The molecule has 1 aromatic carbocycles. The third-order valence-corrected chi connectivity index (χ3v) is 6.65. The summed E-state index contributed by atoms with van der Waals surface area (Å²) in [5.41, 5.74) is 10.8. The first-order valence-electron chi connectivity index (χ1n) is 10.8. The van der Waals surface area contributed by atoms with E-state index in [0.717, 1.165) is 48.1 Å². The number of anilines is 1. The highest BCUT2D eigenvalue weighted by atomic mass is 19.1. The Bertz CT molecular complexity index is 1240. The Morgan fingerprint density at radius 1 is 0.968 bits per heavy atom. The van der Waals surface area contributed by atoms with Crippen LogP contribution in [-0.2, 0) is 0 Å². The van der Waals surface area contributed by atoms with Gasteiger partial charge in [-0.05, 0) is 31.7 Å². The second-order valence-electron chi connectivity index (χ2n) is 8.59. The Hall–Kier alpha value is -3.32. The number of nitrogens with one attached hydrogen (secondary N) is 1. The molecule has 2 fully saturated rings. The molecule has 3 aromatic heterocycles. The number of hydrogen-bond donors (Lipinski definition) is 2. The predicted octanol–water partition coefficient (Wildman–Crippen LogP) is 4.18. The molecule has 2 aliphatic rings. The minimum absolute atomic E-state index is 0.0194. The van der Waals surface area contributed by atoms with Gasteiger partial charge >= 0.3 is 0 Å². The molecule has 0 saturated carbocycles. The molecule has 0 aliphatic carbocycles. The first-order chi connectivity index (χ1) is 15.2. The second kappa shape index (κ2) is 7.13. The van der Waals surface area contributed by atoms with Gasteiger partial charge in [-0.25, -0.2) is 9.37 Å². The second-order valence-corrected chi connectivity index (χ2v) is 8.59. The lowest BCUT2D eigenvalue weighted by Gasteiger charge is -2.29. The van der Waals surface area contributed by atoms with Gasteiger partial charge in [-0.1, -0.05) is 36.4 Å². The van der Waals surface area contributed by atoms with Crippen LogP contribution in [-0.4, -0.2) is 31.7 Å². The molecule has 0 spiro atoms. The number of nitrogens with zero attached hydrogens (tertiary/aromatic N) is 4. The van der Waals surface area contributed by atoms with Gasteiger partial charge in [0.05, 0.1) is 17.6 Å². The number of benzene rings is 1. The van der Waals surface area contributed by atoms with Gasteiger partial charge in [0.15, 0.2) is 17.3 Å². The Morgan fingerprint density at radius 2 is 1.74 bits per heavy atom. The van der Waals surface area contributed by atoms with Crippen LogP contribution in [0.4, 0.5) is 10.2 Å². The van der Waals surface area contributed by atoms with Crippen molar-refractivity contribution in [2.75, 3.05) is 5.73 Å². The number of pyridine rings is 1. The molecular formula is C24H23FN6. The van der Waals surface area contributed by atoms with Crippen molar-refractivity contribution in [1.82, 2.24) is 24.9 Å². The maximum Gasteiger partial charge on any atom is 0.187 e. The van der Waals surface area contributed by atoms with Crippen LogP contribution in [0.15, 0.2) is 54.9 Å². The van der Waals surface area contributed by atoms with Crippen LogP contribution in [0.5, 0.6) is 0 Å². The van der Waals surface area contributed by atoms with Crippen LogP contribution in [0.3, 0.4) is 0 Å². The zero-order valence-corrected chi connectivity index (χ0v) is 17.0. The van der Waals surface area contributed by atoms with E-state index in [4.69, 9.17) is 10.7 Å². The van der Waals surface area contributed by atoms with Gasteiger partial charge in [-0.2, -0.15) is 9.61 Å². The fraction of sp³-hybridized carbons (Fsp3) is 0.292. The molecule has 0 radical (unpaired) electrons. The summed E-state index contributed by atoms with van der Waals surface area (Å²) in [6, 6.07) is 14.9. The molecule has 4 aromatic rings. The largest absolute Gasteiger partial charge is 0.381 e. The number of halogens is 1. The summed E-state index contributed by atoms with van der Waals surface area (Å²) in [4.78, 5) is 9.38. The zero-order chi connectivity index (χ0) is 20.9. The number of fused-ring (bicyclic) bond motifs is 3. The Kier molecular flexibility index (Phi) is 4.24. The van der Waals surface area contributed by atoms with Crippen LogP contribution in [0, 0.1) is 5.82 Å². The summed E-state index contributed by atoms with van der Waals surface area (Å²) < 4.78 is 16.6. The van der Waals surface area contributed by atoms with Gasteiger partial charge in [-0.3, -0.25) is 4.98 Å². The molecule has 156 valence electrons. The standard InChI is InChI=1S/C24H23FN6/c25-21-22(16-10-17-7-8-18(11-16)29-17)30-24-19(13-28-31(24)23(21)26)15-6-9-20(27-12-15)14-4-2-1-3-5-14/h1-6,9,12-13,16-18,29H,7-8,10-11,26H2/t16?,17-,18+. The highest BCUT2D eigenvalue weighted by Gasteiger charge is 2.36. The molecule has 2 saturated heterocycles. The van der Waals surface area contributed by atoms with Crippen molar-refractivity contribution >= 4 is 11.5 Å². The van der Waals surface area contributed by atoms with Crippen LogP contribution in [0.1, 0.15) is 37.3 Å². The van der Waals surface area contributed by atoms with Crippen molar-refractivity contribution in [2.45, 2.75) is 43.7 Å². The summed E-state index contributed by atoms with van der Waals surface area (Å²) in [6.45, 7) is 0. The normalized spacial score (nSPS) is 22.8. The summed E-state index contributed by atoms with van der Waals surface area (Å²) in [6.07, 6.45) is 7.59. The molecule has 1 unspecified atom stereocenters. The molecule has 2 bridgehead atoms. The van der Waals surface area contributed by atoms with Gasteiger partial charge in [0.1, 0.15) is 0 Å². The third-order valence-electron chi connectivity index (χ3n) is 6.65. The molecular weight excluding hydrogens is 391 g/mol. The van der Waals surface area contributed by atoms with E-state index < -0.39 is 5.82 Å². The first kappa shape index (κ1) is 18.4. The lowest BCUT2D eigenvalue weighted by atomic mass is 9.89. The van der Waals surface area contributed by atoms with E-state index >= 15 is 4.39 Å². The number of hydrogen-bond acceptors (Lipinski definition) is 5. The molecule has 5 heterocycles. The minimum atomic E-state index is -0.439. The molecule has 3 atom stereocenters. The maximum absolute atomic E-state index is 15.2. The number of aromatic nitrogens is 4. The average Bonchev–Trinajstić information content (AvgIpc) is 3.39. The topological polar surface area (TPSA) is 81.1 Å². The van der Waals surface area contributed by atoms with Gasteiger partial charge < -0.3 is 11.1 Å². The molecule has 6 nitrogen and oxygen atoms in total. The van der Waals surface area contributed by atoms with Gasteiger partial charge in [0.25, 0.3) is 0 Å². The molecule has 3 N–H and O–H groups in total. The third kappa shape index (κ3) is 3.08. The number of nitrogens with two attached hydrogens (primary N) is 1. The van der Waals surface area contributed by atoms with Gasteiger partial charge in [-0.15, -0.1) is 0 Å². The van der Waals surface area contributed by atoms with E-state index in [0.29, 0.717) is 23.4 Å². The molecule has 2 aliphatic heterocycles. The van der Waals surface area contributed by atoms with Crippen molar-refractivity contribution in [2.24, 2.45) is 0 Å². The Morgan fingerprint density at radius 3 is 2.45 bits per heavy atom. The van der Waals surface area contributed by atoms with Crippen molar-refractivity contribution in [3.05, 3.63) is 66.4 Å². The van der Waals surface area contributed by atoms with E-state index in [1.807, 2.05) is 48.7 Å². The van der Waals surface area contributed by atoms with E-state index in [1.165, 1.54) is 4.52 Å².